The lowest BCUT2D eigenvalue weighted by Crippen LogP contribution is -2.48. The Kier molecular flexibility index (Phi) is 6.46. The van der Waals surface area contributed by atoms with Crippen LogP contribution in [0, 0.1) is 5.82 Å². The Morgan fingerprint density at radius 2 is 1.86 bits per heavy atom. The van der Waals surface area contributed by atoms with Gasteiger partial charge in [0.2, 0.25) is 15.9 Å². The molecule has 1 fully saturated rings. The van der Waals surface area contributed by atoms with E-state index in [1.165, 1.54) is 23.8 Å². The highest BCUT2D eigenvalue weighted by Gasteiger charge is 2.40. The smallest absolute Gasteiger partial charge is 0.246 e. The molecule has 0 aliphatic carbocycles. The zero-order valence-corrected chi connectivity index (χ0v) is 16.7. The molecule has 28 heavy (non-hydrogen) atoms. The second-order valence-electron chi connectivity index (χ2n) is 7.14. The number of hydrogen-bond acceptors (Lipinski definition) is 3. The molecule has 1 heterocycles. The summed E-state index contributed by atoms with van der Waals surface area (Å²) in [6.07, 6.45) is 2.59. The number of benzene rings is 2. The largest absolute Gasteiger partial charge is 0.352 e. The molecule has 1 aliphatic heterocycles. The molecule has 7 heteroatoms. The lowest BCUT2D eigenvalue weighted by atomic mass is 10.1. The maximum atomic E-state index is 14.0. The van der Waals surface area contributed by atoms with Crippen LogP contribution in [-0.4, -0.2) is 37.3 Å². The maximum absolute atomic E-state index is 14.0. The lowest BCUT2D eigenvalue weighted by Gasteiger charge is -2.25. The molecule has 3 rings (SSSR count). The standard InChI is InChI=1S/C21H25FN2O3S/c1-16(13-14-17-8-3-2-4-9-17)23-21(25)19-11-7-15-24(19)28(26,27)20-12-6-5-10-18(20)22/h2-6,8-10,12,16,19H,7,11,13-15H2,1H3,(H,23,25)/t16-,19-/m0/s1. The molecule has 2 aromatic rings. The van der Waals surface area contributed by atoms with E-state index in [0.29, 0.717) is 12.8 Å². The Bertz CT molecular complexity index is 918. The lowest BCUT2D eigenvalue weighted by molar-refractivity contribution is -0.124. The predicted molar refractivity (Wildman–Crippen MR) is 106 cm³/mol. The number of carbonyl (C=O) groups is 1. The van der Waals surface area contributed by atoms with E-state index >= 15 is 0 Å². The predicted octanol–water partition coefficient (Wildman–Crippen LogP) is 3.12. The molecular weight excluding hydrogens is 379 g/mol. The van der Waals surface area contributed by atoms with Crippen LogP contribution >= 0.6 is 0 Å². The molecule has 0 unspecified atom stereocenters. The summed E-state index contributed by atoms with van der Waals surface area (Å²) in [5.41, 5.74) is 1.19. The van der Waals surface area contributed by atoms with Gasteiger partial charge < -0.3 is 5.32 Å². The minimum Gasteiger partial charge on any atom is -0.352 e. The summed E-state index contributed by atoms with van der Waals surface area (Å²) < 4.78 is 40.9. The van der Waals surface area contributed by atoms with Gasteiger partial charge in [0.25, 0.3) is 0 Å². The number of hydrogen-bond donors (Lipinski definition) is 1. The molecule has 1 N–H and O–H groups in total. The SMILES string of the molecule is C[C@@H](CCc1ccccc1)NC(=O)[C@@H]1CCCN1S(=O)(=O)c1ccccc1F. The highest BCUT2D eigenvalue weighted by Crippen LogP contribution is 2.27. The molecule has 0 spiro atoms. The van der Waals surface area contributed by atoms with Crippen molar-refractivity contribution in [1.82, 2.24) is 9.62 Å². The van der Waals surface area contributed by atoms with Crippen molar-refractivity contribution in [3.05, 3.63) is 66.0 Å². The zero-order valence-electron chi connectivity index (χ0n) is 15.8. The van der Waals surface area contributed by atoms with E-state index in [0.717, 1.165) is 23.2 Å². The van der Waals surface area contributed by atoms with E-state index in [4.69, 9.17) is 0 Å². The molecule has 5 nitrogen and oxygen atoms in total. The number of aryl methyl sites for hydroxylation is 1. The molecule has 1 aliphatic rings. The van der Waals surface area contributed by atoms with Crippen LogP contribution in [0.5, 0.6) is 0 Å². The molecule has 1 saturated heterocycles. The fraction of sp³-hybridized carbons (Fsp3) is 0.381. The van der Waals surface area contributed by atoms with Crippen molar-refractivity contribution in [3.63, 3.8) is 0 Å². The van der Waals surface area contributed by atoms with Gasteiger partial charge in [-0.1, -0.05) is 42.5 Å². The summed E-state index contributed by atoms with van der Waals surface area (Å²) in [6.45, 7) is 2.12. The highest BCUT2D eigenvalue weighted by molar-refractivity contribution is 7.89. The number of rotatable bonds is 7. The third-order valence-corrected chi connectivity index (χ3v) is 6.97. The van der Waals surface area contributed by atoms with Crippen molar-refractivity contribution in [2.24, 2.45) is 0 Å². The van der Waals surface area contributed by atoms with Crippen LogP contribution in [0.4, 0.5) is 4.39 Å². The monoisotopic (exact) mass is 404 g/mol. The van der Waals surface area contributed by atoms with Gasteiger partial charge in [-0.2, -0.15) is 4.31 Å². The van der Waals surface area contributed by atoms with Crippen LogP contribution in [0.3, 0.4) is 0 Å². The molecule has 2 atom stereocenters. The molecule has 1 amide bonds. The van der Waals surface area contributed by atoms with Gasteiger partial charge in [-0.25, -0.2) is 12.8 Å². The summed E-state index contributed by atoms with van der Waals surface area (Å²) in [5, 5.41) is 2.92. The third-order valence-electron chi connectivity index (χ3n) is 5.03. The van der Waals surface area contributed by atoms with Gasteiger partial charge in [0.1, 0.15) is 16.8 Å². The average Bonchev–Trinajstić information content (AvgIpc) is 3.18. The van der Waals surface area contributed by atoms with E-state index in [1.807, 2.05) is 37.3 Å². The van der Waals surface area contributed by atoms with Gasteiger partial charge in [0.05, 0.1) is 0 Å². The molecule has 0 bridgehead atoms. The van der Waals surface area contributed by atoms with Crippen LogP contribution in [0.2, 0.25) is 0 Å². The van der Waals surface area contributed by atoms with Gasteiger partial charge in [-0.15, -0.1) is 0 Å². The Morgan fingerprint density at radius 3 is 2.57 bits per heavy atom. The maximum Gasteiger partial charge on any atom is 0.246 e. The number of amides is 1. The first kappa shape index (κ1) is 20.5. The van der Waals surface area contributed by atoms with Gasteiger partial charge in [-0.05, 0) is 50.3 Å². The van der Waals surface area contributed by atoms with Crippen LogP contribution in [0.1, 0.15) is 31.7 Å². The summed E-state index contributed by atoms with van der Waals surface area (Å²) in [6, 6.07) is 14.4. The van der Waals surface area contributed by atoms with Gasteiger partial charge in [0.15, 0.2) is 0 Å². The minimum absolute atomic E-state index is 0.0914. The number of nitrogens with one attached hydrogen (secondary N) is 1. The molecule has 0 aromatic heterocycles. The van der Waals surface area contributed by atoms with Crippen molar-refractivity contribution >= 4 is 15.9 Å². The van der Waals surface area contributed by atoms with Crippen LogP contribution in [-0.2, 0) is 21.2 Å². The molecule has 2 aromatic carbocycles. The van der Waals surface area contributed by atoms with Crippen LogP contribution in [0.25, 0.3) is 0 Å². The zero-order chi connectivity index (χ0) is 20.1. The van der Waals surface area contributed by atoms with Gasteiger partial charge in [-0.3, -0.25) is 4.79 Å². The molecular formula is C21H25FN2O3S. The van der Waals surface area contributed by atoms with Gasteiger partial charge >= 0.3 is 0 Å². The number of nitrogens with zero attached hydrogens (tertiary/aromatic N) is 1. The van der Waals surface area contributed by atoms with Crippen molar-refractivity contribution < 1.29 is 17.6 Å². The number of sulfonamides is 1. The Morgan fingerprint density at radius 1 is 1.18 bits per heavy atom. The summed E-state index contributed by atoms with van der Waals surface area (Å²) in [5.74, 6) is -1.12. The molecule has 150 valence electrons. The topological polar surface area (TPSA) is 66.5 Å². The third kappa shape index (κ3) is 4.59. The van der Waals surface area contributed by atoms with E-state index in [-0.39, 0.29) is 23.4 Å². The fourth-order valence-corrected chi connectivity index (χ4v) is 5.23. The Labute approximate surface area is 165 Å². The van der Waals surface area contributed by atoms with Crippen LogP contribution < -0.4 is 5.32 Å². The first-order valence-corrected chi connectivity index (χ1v) is 10.9. The fourth-order valence-electron chi connectivity index (χ4n) is 3.51. The van der Waals surface area contributed by atoms with Crippen molar-refractivity contribution in [1.29, 1.82) is 0 Å². The van der Waals surface area contributed by atoms with E-state index in [9.17, 15) is 17.6 Å². The minimum atomic E-state index is -4.06. The second-order valence-corrected chi connectivity index (χ2v) is 9.00. The first-order valence-electron chi connectivity index (χ1n) is 9.50. The Balaban J connectivity index is 1.65. The van der Waals surface area contributed by atoms with E-state index < -0.39 is 21.9 Å². The number of halogens is 1. The molecule has 0 saturated carbocycles. The quantitative estimate of drug-likeness (QED) is 0.771. The Hall–Kier alpha value is -2.25. The van der Waals surface area contributed by atoms with Crippen LogP contribution in [0.15, 0.2) is 59.5 Å². The summed E-state index contributed by atoms with van der Waals surface area (Å²) >= 11 is 0. The second kappa shape index (κ2) is 8.84. The van der Waals surface area contributed by atoms with E-state index in [1.54, 1.807) is 0 Å². The van der Waals surface area contributed by atoms with E-state index in [2.05, 4.69) is 5.32 Å². The highest BCUT2D eigenvalue weighted by atomic mass is 32.2. The normalized spacial score (nSPS) is 18.7. The van der Waals surface area contributed by atoms with Gasteiger partial charge in [0, 0.05) is 12.6 Å². The molecule has 0 radical (unpaired) electrons. The van der Waals surface area contributed by atoms with Crippen molar-refractivity contribution in [2.75, 3.05) is 6.54 Å². The summed E-state index contributed by atoms with van der Waals surface area (Å²) in [4.78, 5) is 12.3. The number of carbonyl (C=O) groups excluding carboxylic acids is 1. The van der Waals surface area contributed by atoms with Crippen molar-refractivity contribution in [3.8, 4) is 0 Å². The average molecular weight is 405 g/mol. The first-order chi connectivity index (χ1) is 13.4. The summed E-state index contributed by atoms with van der Waals surface area (Å²) in [7, 11) is -4.06. The van der Waals surface area contributed by atoms with Crippen molar-refractivity contribution in [2.45, 2.75) is 49.6 Å².